The number of nitrogens with zero attached hydrogens (tertiary/aromatic N) is 1. The predicted molar refractivity (Wildman–Crippen MR) is 107 cm³/mol. The van der Waals surface area contributed by atoms with E-state index in [4.69, 9.17) is 4.74 Å². The molecule has 0 heterocycles. The van der Waals surface area contributed by atoms with Gasteiger partial charge < -0.3 is 15.4 Å². The standard InChI is InChI=1S/C18H28FN3O.HI/c1-20-17(21-13-15-6-5-7-16(19)12-15)22-14-18(10-11-23-2)8-3-4-9-18;/h5-7,12H,3-4,8-11,13-14H2,1-2H3,(H2,20,21,22);1H. The number of methoxy groups -OCH3 is 1. The zero-order valence-corrected chi connectivity index (χ0v) is 16.9. The summed E-state index contributed by atoms with van der Waals surface area (Å²) in [5, 5.41) is 6.69. The Kier molecular flexibility index (Phi) is 9.58. The van der Waals surface area contributed by atoms with Gasteiger partial charge in [-0.2, -0.15) is 0 Å². The second kappa shape index (κ2) is 10.9. The summed E-state index contributed by atoms with van der Waals surface area (Å²) >= 11 is 0. The molecule has 0 saturated heterocycles. The van der Waals surface area contributed by atoms with Gasteiger partial charge in [0.2, 0.25) is 0 Å². The Balaban J connectivity index is 0.00000288. The number of ether oxygens (including phenoxy) is 1. The van der Waals surface area contributed by atoms with Gasteiger partial charge >= 0.3 is 0 Å². The van der Waals surface area contributed by atoms with Crippen molar-refractivity contribution in [2.75, 3.05) is 27.3 Å². The van der Waals surface area contributed by atoms with E-state index in [1.807, 2.05) is 6.07 Å². The van der Waals surface area contributed by atoms with Gasteiger partial charge in [0.15, 0.2) is 5.96 Å². The van der Waals surface area contributed by atoms with Gasteiger partial charge in [0, 0.05) is 33.9 Å². The van der Waals surface area contributed by atoms with E-state index in [0.29, 0.717) is 12.0 Å². The lowest BCUT2D eigenvalue weighted by Crippen LogP contribution is -2.43. The second-order valence-electron chi connectivity index (χ2n) is 6.36. The van der Waals surface area contributed by atoms with Crippen molar-refractivity contribution in [2.24, 2.45) is 10.4 Å². The summed E-state index contributed by atoms with van der Waals surface area (Å²) in [6, 6.07) is 6.62. The molecule has 0 amide bonds. The Morgan fingerprint density at radius 1 is 1.29 bits per heavy atom. The Labute approximate surface area is 161 Å². The van der Waals surface area contributed by atoms with Crippen LogP contribution in [0.25, 0.3) is 0 Å². The highest BCUT2D eigenvalue weighted by molar-refractivity contribution is 14.0. The average Bonchev–Trinajstić information content (AvgIpc) is 3.02. The Bertz CT molecular complexity index is 519. The molecule has 1 saturated carbocycles. The van der Waals surface area contributed by atoms with Crippen molar-refractivity contribution in [1.29, 1.82) is 0 Å². The van der Waals surface area contributed by atoms with Gasteiger partial charge in [-0.1, -0.05) is 25.0 Å². The molecule has 6 heteroatoms. The first kappa shape index (κ1) is 21.2. The summed E-state index contributed by atoms with van der Waals surface area (Å²) < 4.78 is 18.5. The van der Waals surface area contributed by atoms with Crippen molar-refractivity contribution in [3.8, 4) is 0 Å². The molecule has 0 bridgehead atoms. The van der Waals surface area contributed by atoms with Gasteiger partial charge in [0.1, 0.15) is 5.82 Å². The van der Waals surface area contributed by atoms with E-state index in [2.05, 4.69) is 15.6 Å². The van der Waals surface area contributed by atoms with Crippen LogP contribution in [0.3, 0.4) is 0 Å². The van der Waals surface area contributed by atoms with Gasteiger partial charge in [-0.3, -0.25) is 4.99 Å². The smallest absolute Gasteiger partial charge is 0.191 e. The van der Waals surface area contributed by atoms with Crippen molar-refractivity contribution in [3.05, 3.63) is 35.6 Å². The molecule has 0 unspecified atom stereocenters. The van der Waals surface area contributed by atoms with E-state index in [9.17, 15) is 4.39 Å². The molecule has 0 atom stereocenters. The fraction of sp³-hybridized carbons (Fsp3) is 0.611. The number of guanidine groups is 1. The van der Waals surface area contributed by atoms with Crippen LogP contribution < -0.4 is 10.6 Å². The van der Waals surface area contributed by atoms with Crippen LogP contribution >= 0.6 is 24.0 Å². The first-order valence-electron chi connectivity index (χ1n) is 8.35. The lowest BCUT2D eigenvalue weighted by atomic mass is 9.83. The fourth-order valence-corrected chi connectivity index (χ4v) is 3.28. The highest BCUT2D eigenvalue weighted by Gasteiger charge is 2.33. The largest absolute Gasteiger partial charge is 0.385 e. The van der Waals surface area contributed by atoms with Crippen molar-refractivity contribution < 1.29 is 9.13 Å². The van der Waals surface area contributed by atoms with E-state index < -0.39 is 0 Å². The van der Waals surface area contributed by atoms with Gasteiger partial charge in [-0.15, -0.1) is 24.0 Å². The minimum Gasteiger partial charge on any atom is -0.385 e. The third-order valence-corrected chi connectivity index (χ3v) is 4.70. The van der Waals surface area contributed by atoms with Gasteiger partial charge in [0.05, 0.1) is 0 Å². The second-order valence-corrected chi connectivity index (χ2v) is 6.36. The van der Waals surface area contributed by atoms with E-state index in [1.54, 1.807) is 20.2 Å². The molecule has 136 valence electrons. The molecule has 1 aliphatic rings. The van der Waals surface area contributed by atoms with Crippen LogP contribution in [0.1, 0.15) is 37.7 Å². The SMILES string of the molecule is CN=C(NCc1cccc(F)c1)NCC1(CCOC)CCCC1.I. The summed E-state index contributed by atoms with van der Waals surface area (Å²) in [6.45, 7) is 2.26. The zero-order chi connectivity index (χ0) is 16.5. The predicted octanol–water partition coefficient (Wildman–Crippen LogP) is 3.71. The van der Waals surface area contributed by atoms with Crippen LogP contribution in [-0.4, -0.2) is 33.3 Å². The van der Waals surface area contributed by atoms with Crippen molar-refractivity contribution >= 4 is 29.9 Å². The lowest BCUT2D eigenvalue weighted by Gasteiger charge is -2.30. The summed E-state index contributed by atoms with van der Waals surface area (Å²) in [7, 11) is 3.52. The molecule has 1 aromatic carbocycles. The number of rotatable bonds is 7. The molecule has 0 aliphatic heterocycles. The zero-order valence-electron chi connectivity index (χ0n) is 14.6. The van der Waals surface area contributed by atoms with Crippen LogP contribution in [-0.2, 0) is 11.3 Å². The number of halogens is 2. The van der Waals surface area contributed by atoms with E-state index in [-0.39, 0.29) is 29.8 Å². The van der Waals surface area contributed by atoms with Crippen LogP contribution in [0.4, 0.5) is 4.39 Å². The van der Waals surface area contributed by atoms with Gasteiger partial charge in [0.25, 0.3) is 0 Å². The van der Waals surface area contributed by atoms with Gasteiger partial charge in [-0.25, -0.2) is 4.39 Å². The highest BCUT2D eigenvalue weighted by atomic mass is 127. The minimum absolute atomic E-state index is 0. The summed E-state index contributed by atoms with van der Waals surface area (Å²) in [6.07, 6.45) is 6.15. The van der Waals surface area contributed by atoms with Crippen LogP contribution in [0, 0.1) is 11.2 Å². The molecular weight excluding hydrogens is 420 g/mol. The molecule has 0 aromatic heterocycles. The first-order valence-corrected chi connectivity index (χ1v) is 8.35. The Hall–Kier alpha value is -0.890. The van der Waals surface area contributed by atoms with Crippen LogP contribution in [0.5, 0.6) is 0 Å². The Morgan fingerprint density at radius 3 is 2.67 bits per heavy atom. The maximum absolute atomic E-state index is 13.2. The molecule has 2 N–H and O–H groups in total. The lowest BCUT2D eigenvalue weighted by molar-refractivity contribution is 0.138. The molecule has 0 radical (unpaired) electrons. The number of hydrogen-bond donors (Lipinski definition) is 2. The summed E-state index contributed by atoms with van der Waals surface area (Å²) in [5.74, 6) is 0.551. The molecule has 2 rings (SSSR count). The molecule has 1 fully saturated rings. The molecule has 1 aromatic rings. The number of hydrogen-bond acceptors (Lipinski definition) is 2. The monoisotopic (exact) mass is 449 g/mol. The molecular formula is C18H29FIN3O. The molecule has 0 spiro atoms. The van der Waals surface area contributed by atoms with E-state index in [1.165, 1.54) is 37.8 Å². The maximum Gasteiger partial charge on any atom is 0.191 e. The highest BCUT2D eigenvalue weighted by Crippen LogP contribution is 2.40. The summed E-state index contributed by atoms with van der Waals surface area (Å²) in [4.78, 5) is 4.27. The van der Waals surface area contributed by atoms with Crippen LogP contribution in [0.2, 0.25) is 0 Å². The third-order valence-electron chi connectivity index (χ3n) is 4.70. The number of nitrogens with one attached hydrogen (secondary N) is 2. The Morgan fingerprint density at radius 2 is 2.04 bits per heavy atom. The topological polar surface area (TPSA) is 45.7 Å². The minimum atomic E-state index is -0.211. The fourth-order valence-electron chi connectivity index (χ4n) is 3.28. The van der Waals surface area contributed by atoms with Crippen molar-refractivity contribution in [1.82, 2.24) is 10.6 Å². The first-order chi connectivity index (χ1) is 11.2. The van der Waals surface area contributed by atoms with E-state index in [0.717, 1.165) is 31.1 Å². The molecule has 4 nitrogen and oxygen atoms in total. The van der Waals surface area contributed by atoms with Gasteiger partial charge in [-0.05, 0) is 42.4 Å². The van der Waals surface area contributed by atoms with E-state index >= 15 is 0 Å². The molecule has 1 aliphatic carbocycles. The molecule has 24 heavy (non-hydrogen) atoms. The quantitative estimate of drug-likeness (QED) is 0.379. The third kappa shape index (κ3) is 6.55. The van der Waals surface area contributed by atoms with Crippen LogP contribution in [0.15, 0.2) is 29.3 Å². The summed E-state index contributed by atoms with van der Waals surface area (Å²) in [5.41, 5.74) is 1.22. The number of aliphatic imine (C=N–C) groups is 1. The number of benzene rings is 1. The van der Waals surface area contributed by atoms with Crippen molar-refractivity contribution in [2.45, 2.75) is 38.6 Å². The average molecular weight is 449 g/mol. The normalized spacial score (nSPS) is 16.5. The van der Waals surface area contributed by atoms with Crippen molar-refractivity contribution in [3.63, 3.8) is 0 Å². The maximum atomic E-state index is 13.2.